The third-order valence-corrected chi connectivity index (χ3v) is 5.15. The Bertz CT molecular complexity index is 917. The van der Waals surface area contributed by atoms with E-state index in [4.69, 9.17) is 13.7 Å². The molecule has 0 spiro atoms. The summed E-state index contributed by atoms with van der Waals surface area (Å²) in [4.78, 5) is 33.6. The van der Waals surface area contributed by atoms with Crippen LogP contribution in [0.3, 0.4) is 0 Å². The summed E-state index contributed by atoms with van der Waals surface area (Å²) in [7, 11) is -2.01. The van der Waals surface area contributed by atoms with Crippen LogP contribution in [-0.4, -0.2) is 41.9 Å². The zero-order valence-electron chi connectivity index (χ0n) is 16.4. The molecule has 2 unspecified atom stereocenters. The van der Waals surface area contributed by atoms with Gasteiger partial charge in [-0.1, -0.05) is 30.3 Å². The minimum absolute atomic E-state index is 0.00769. The lowest BCUT2D eigenvalue weighted by molar-refractivity contribution is -0.402. The fraction of sp³-hybridized carbons (Fsp3) is 0.333. The number of hydrogen-bond acceptors (Lipinski definition) is 10. The molecule has 0 aliphatic carbocycles. The zero-order valence-corrected chi connectivity index (χ0v) is 17.4. The molecular formula is C18H21N2O10P. The smallest absolute Gasteiger partial charge is 0.433 e. The molecule has 0 fully saturated rings. The number of rotatable bonds is 11. The summed E-state index contributed by atoms with van der Waals surface area (Å²) in [6, 6.07) is 9.86. The molecule has 31 heavy (non-hydrogen) atoms. The average molecular weight is 456 g/mol. The fourth-order valence-corrected chi connectivity index (χ4v) is 3.22. The molecule has 1 amide bonds. The second-order valence-corrected chi connectivity index (χ2v) is 7.55. The van der Waals surface area contributed by atoms with Crippen LogP contribution in [0, 0.1) is 10.1 Å². The molecule has 0 saturated heterocycles. The van der Waals surface area contributed by atoms with Crippen LogP contribution in [0.25, 0.3) is 0 Å². The minimum Gasteiger partial charge on any atom is -0.467 e. The molecule has 12 nitrogen and oxygen atoms in total. The van der Waals surface area contributed by atoms with Crippen molar-refractivity contribution >= 4 is 26.0 Å². The number of methoxy groups -OCH3 is 1. The molecule has 168 valence electrons. The number of alkyl carbamates (subject to hydrolysis) is 1. The predicted octanol–water partition coefficient (Wildman–Crippen LogP) is 2.53. The van der Waals surface area contributed by atoms with E-state index in [1.807, 2.05) is 6.07 Å². The largest absolute Gasteiger partial charge is 0.467 e. The quantitative estimate of drug-likeness (QED) is 0.222. The van der Waals surface area contributed by atoms with Crippen molar-refractivity contribution in [1.29, 1.82) is 0 Å². The highest BCUT2D eigenvalue weighted by atomic mass is 31.1. The number of benzene rings is 1. The van der Waals surface area contributed by atoms with Crippen molar-refractivity contribution in [2.75, 3.05) is 13.7 Å². The number of carbonyl (C=O) groups excluding carboxylic acids is 2. The van der Waals surface area contributed by atoms with Gasteiger partial charge in [-0.25, -0.2) is 9.59 Å². The first-order valence-corrected chi connectivity index (χ1v) is 10.3. The number of hydrogen-bond donors (Lipinski definition) is 2. The van der Waals surface area contributed by atoms with Gasteiger partial charge in [-0.2, -0.15) is 0 Å². The summed E-state index contributed by atoms with van der Waals surface area (Å²) in [5, 5.41) is 22.9. The Morgan fingerprint density at radius 3 is 2.58 bits per heavy atom. The monoisotopic (exact) mass is 456 g/mol. The molecule has 0 bridgehead atoms. The third-order valence-electron chi connectivity index (χ3n) is 3.93. The highest BCUT2D eigenvalue weighted by molar-refractivity contribution is 7.39. The number of amides is 1. The molecule has 0 aliphatic heterocycles. The maximum absolute atomic E-state index is 12.1. The lowest BCUT2D eigenvalue weighted by Gasteiger charge is -2.17. The average Bonchev–Trinajstić information content (AvgIpc) is 3.27. The Labute approximate surface area is 177 Å². The lowest BCUT2D eigenvalue weighted by Crippen LogP contribution is -2.42. The SMILES string of the molecule is COC(=O)[C@H](CCO[PH](=O)C(O)c1ccc([N+](=O)[O-])o1)NC(=O)OCc1ccccc1. The number of esters is 1. The van der Waals surface area contributed by atoms with Crippen molar-refractivity contribution in [2.45, 2.75) is 24.9 Å². The zero-order chi connectivity index (χ0) is 22.8. The Balaban J connectivity index is 1.83. The van der Waals surface area contributed by atoms with Gasteiger partial charge in [0.1, 0.15) is 23.3 Å². The van der Waals surface area contributed by atoms with E-state index in [1.165, 1.54) is 0 Å². The molecule has 3 atom stereocenters. The Morgan fingerprint density at radius 2 is 1.97 bits per heavy atom. The van der Waals surface area contributed by atoms with Gasteiger partial charge in [-0.3, -0.25) is 14.7 Å². The van der Waals surface area contributed by atoms with Gasteiger partial charge in [-0.05, 0) is 11.6 Å². The molecule has 1 heterocycles. The minimum atomic E-state index is -3.14. The Hall–Kier alpha value is -3.21. The number of aliphatic hydroxyl groups excluding tert-OH is 1. The first kappa shape index (κ1) is 24.1. The first-order valence-electron chi connectivity index (χ1n) is 8.95. The van der Waals surface area contributed by atoms with Gasteiger partial charge < -0.3 is 28.8 Å². The summed E-state index contributed by atoms with van der Waals surface area (Å²) in [6.07, 6.45) is -0.996. The van der Waals surface area contributed by atoms with Gasteiger partial charge in [0, 0.05) is 6.42 Å². The molecule has 1 aromatic heterocycles. The van der Waals surface area contributed by atoms with Crippen LogP contribution in [-0.2, 0) is 30.0 Å². The number of nitrogens with zero attached hydrogens (tertiary/aromatic N) is 1. The third kappa shape index (κ3) is 7.52. The molecular weight excluding hydrogens is 435 g/mol. The molecule has 0 saturated carbocycles. The van der Waals surface area contributed by atoms with Gasteiger partial charge in [0.05, 0.1) is 19.8 Å². The lowest BCUT2D eigenvalue weighted by atomic mass is 10.2. The van der Waals surface area contributed by atoms with Gasteiger partial charge in [0.25, 0.3) is 0 Å². The van der Waals surface area contributed by atoms with Crippen molar-refractivity contribution in [3.8, 4) is 0 Å². The number of carbonyl (C=O) groups is 2. The number of furan rings is 1. The van der Waals surface area contributed by atoms with E-state index in [0.29, 0.717) is 0 Å². The molecule has 13 heteroatoms. The van der Waals surface area contributed by atoms with E-state index in [-0.39, 0.29) is 25.4 Å². The summed E-state index contributed by atoms with van der Waals surface area (Å²) in [5.74, 6) is -3.39. The molecule has 2 N–H and O–H groups in total. The van der Waals surface area contributed by atoms with E-state index in [0.717, 1.165) is 24.8 Å². The van der Waals surface area contributed by atoms with Crippen molar-refractivity contribution in [1.82, 2.24) is 5.32 Å². The van der Waals surface area contributed by atoms with Gasteiger partial charge in [0.15, 0.2) is 5.85 Å². The second-order valence-electron chi connectivity index (χ2n) is 6.07. The van der Waals surface area contributed by atoms with Crippen LogP contribution in [0.4, 0.5) is 10.7 Å². The molecule has 0 radical (unpaired) electrons. The van der Waals surface area contributed by atoms with Crippen LogP contribution >= 0.6 is 8.03 Å². The van der Waals surface area contributed by atoms with Crippen LogP contribution in [0.1, 0.15) is 23.6 Å². The number of nitrogens with one attached hydrogen (secondary N) is 1. The van der Waals surface area contributed by atoms with E-state index in [9.17, 15) is 29.4 Å². The normalized spacial score (nSPS) is 13.6. The van der Waals surface area contributed by atoms with Crippen LogP contribution in [0.15, 0.2) is 46.9 Å². The molecule has 2 aromatic rings. The predicted molar refractivity (Wildman–Crippen MR) is 105 cm³/mol. The standard InChI is InChI=1S/C18H21N2O10P/c1-27-16(21)13(19-18(23)28-11-12-5-3-2-4-6-12)9-10-29-31(26)17(22)14-7-8-15(30-14)20(24)25/h2-8,13,17,22,31H,9-11H2,1H3,(H,19,23)/t13-,17?/m0/s1. The van der Waals surface area contributed by atoms with Crippen molar-refractivity contribution < 1.29 is 42.6 Å². The van der Waals surface area contributed by atoms with Crippen molar-refractivity contribution in [3.05, 3.63) is 63.9 Å². The van der Waals surface area contributed by atoms with E-state index >= 15 is 0 Å². The summed E-state index contributed by atoms with van der Waals surface area (Å²) >= 11 is 0. The van der Waals surface area contributed by atoms with Crippen LogP contribution in [0.5, 0.6) is 0 Å². The molecule has 2 rings (SSSR count). The van der Waals surface area contributed by atoms with Gasteiger partial charge >= 0.3 is 17.9 Å². The highest BCUT2D eigenvalue weighted by Crippen LogP contribution is 2.41. The van der Waals surface area contributed by atoms with Gasteiger partial charge in [0.2, 0.25) is 8.03 Å². The summed E-state index contributed by atoms with van der Waals surface area (Å²) < 4.78 is 31.5. The van der Waals surface area contributed by atoms with E-state index < -0.39 is 42.8 Å². The van der Waals surface area contributed by atoms with E-state index in [1.54, 1.807) is 24.3 Å². The number of aliphatic hydroxyl groups is 1. The van der Waals surface area contributed by atoms with Gasteiger partial charge in [-0.15, -0.1) is 0 Å². The highest BCUT2D eigenvalue weighted by Gasteiger charge is 2.26. The Morgan fingerprint density at radius 1 is 1.26 bits per heavy atom. The number of nitro groups is 1. The van der Waals surface area contributed by atoms with Crippen molar-refractivity contribution in [3.63, 3.8) is 0 Å². The van der Waals surface area contributed by atoms with E-state index in [2.05, 4.69) is 10.1 Å². The van der Waals surface area contributed by atoms with Crippen molar-refractivity contribution in [2.24, 2.45) is 0 Å². The Kier molecular flexibility index (Phi) is 9.19. The molecule has 1 aromatic carbocycles. The maximum Gasteiger partial charge on any atom is 0.433 e. The second kappa shape index (κ2) is 11.8. The number of ether oxygens (including phenoxy) is 2. The maximum atomic E-state index is 12.1. The molecule has 0 aliphatic rings. The summed E-state index contributed by atoms with van der Waals surface area (Å²) in [5.41, 5.74) is 0.751. The first-order chi connectivity index (χ1) is 14.8. The fourth-order valence-electron chi connectivity index (χ4n) is 2.36. The van der Waals surface area contributed by atoms with Crippen LogP contribution < -0.4 is 5.32 Å². The topological polar surface area (TPSA) is 167 Å². The van der Waals surface area contributed by atoms with Crippen LogP contribution in [0.2, 0.25) is 0 Å². The summed E-state index contributed by atoms with van der Waals surface area (Å²) in [6.45, 7) is -0.303.